The van der Waals surface area contributed by atoms with Gasteiger partial charge in [-0.2, -0.15) is 16.9 Å². The fraction of sp³-hybridized carbons (Fsp3) is 0.727. The average molecular weight is 262 g/mol. The van der Waals surface area contributed by atoms with Crippen LogP contribution in [0.25, 0.3) is 0 Å². The van der Waals surface area contributed by atoms with Crippen molar-refractivity contribution >= 4 is 23.4 Å². The van der Waals surface area contributed by atoms with Gasteiger partial charge in [-0.1, -0.05) is 11.6 Å². The molecule has 1 heterocycles. The molecule has 1 atom stereocenters. The fourth-order valence-electron chi connectivity index (χ4n) is 1.74. The zero-order chi connectivity index (χ0) is 12.1. The van der Waals surface area contributed by atoms with Crippen molar-refractivity contribution in [3.63, 3.8) is 0 Å². The summed E-state index contributed by atoms with van der Waals surface area (Å²) in [5.74, 6) is 1.17. The van der Waals surface area contributed by atoms with Crippen LogP contribution in [0.3, 0.4) is 0 Å². The maximum Gasteiger partial charge on any atom is 0.0847 e. The molecule has 0 amide bonds. The van der Waals surface area contributed by atoms with Gasteiger partial charge in [0.2, 0.25) is 0 Å². The van der Waals surface area contributed by atoms with Gasteiger partial charge in [0.15, 0.2) is 0 Å². The van der Waals surface area contributed by atoms with Crippen molar-refractivity contribution in [2.75, 3.05) is 19.1 Å². The zero-order valence-electron chi connectivity index (χ0n) is 10.4. The maximum atomic E-state index is 6.23. The highest BCUT2D eigenvalue weighted by atomic mass is 35.5. The SMILES string of the molecule is CNC(CCSC)Cc1c(Cl)c(C)nn1C. The molecule has 1 unspecified atom stereocenters. The Morgan fingerprint density at radius 2 is 2.25 bits per heavy atom. The van der Waals surface area contributed by atoms with Gasteiger partial charge in [0.25, 0.3) is 0 Å². The van der Waals surface area contributed by atoms with E-state index in [4.69, 9.17) is 11.6 Å². The molecule has 0 aliphatic rings. The zero-order valence-corrected chi connectivity index (χ0v) is 12.0. The standard InChI is InChI=1S/C11H20ClN3S/c1-8-11(12)10(15(3)14-8)7-9(13-2)5-6-16-4/h9,13H,5-7H2,1-4H3. The molecule has 92 valence electrons. The molecule has 1 aromatic rings. The lowest BCUT2D eigenvalue weighted by Crippen LogP contribution is -2.29. The van der Waals surface area contributed by atoms with Gasteiger partial charge in [-0.3, -0.25) is 4.68 Å². The molecule has 5 heteroatoms. The molecule has 3 nitrogen and oxygen atoms in total. The van der Waals surface area contributed by atoms with Crippen molar-refractivity contribution < 1.29 is 0 Å². The summed E-state index contributed by atoms with van der Waals surface area (Å²) < 4.78 is 1.89. The lowest BCUT2D eigenvalue weighted by molar-refractivity contribution is 0.526. The molecule has 0 radical (unpaired) electrons. The summed E-state index contributed by atoms with van der Waals surface area (Å²) in [6.45, 7) is 1.95. The maximum absolute atomic E-state index is 6.23. The largest absolute Gasteiger partial charge is 0.317 e. The lowest BCUT2D eigenvalue weighted by atomic mass is 10.1. The summed E-state index contributed by atoms with van der Waals surface area (Å²) >= 11 is 8.11. The van der Waals surface area contributed by atoms with E-state index in [2.05, 4.69) is 16.7 Å². The van der Waals surface area contributed by atoms with Crippen molar-refractivity contribution in [1.82, 2.24) is 15.1 Å². The van der Waals surface area contributed by atoms with Gasteiger partial charge in [0.05, 0.1) is 16.4 Å². The second-order valence-corrected chi connectivity index (χ2v) is 5.30. The summed E-state index contributed by atoms with van der Waals surface area (Å²) in [7, 11) is 3.96. The van der Waals surface area contributed by atoms with E-state index >= 15 is 0 Å². The number of aromatic nitrogens is 2. The van der Waals surface area contributed by atoms with Crippen LogP contribution in [0.1, 0.15) is 17.8 Å². The number of rotatable bonds is 6. The second kappa shape index (κ2) is 6.52. The van der Waals surface area contributed by atoms with Crippen molar-refractivity contribution in [2.45, 2.75) is 25.8 Å². The minimum absolute atomic E-state index is 0.472. The number of nitrogens with zero attached hydrogens (tertiary/aromatic N) is 2. The minimum Gasteiger partial charge on any atom is -0.317 e. The Kier molecular flexibility index (Phi) is 5.66. The number of halogens is 1. The van der Waals surface area contributed by atoms with E-state index in [0.29, 0.717) is 6.04 Å². The Bertz CT molecular complexity index is 338. The van der Waals surface area contributed by atoms with Gasteiger partial charge in [-0.25, -0.2) is 0 Å². The van der Waals surface area contributed by atoms with Crippen molar-refractivity contribution in [2.24, 2.45) is 7.05 Å². The molecule has 0 bridgehead atoms. The molecule has 0 saturated carbocycles. The first-order valence-electron chi connectivity index (χ1n) is 5.44. The van der Waals surface area contributed by atoms with E-state index in [1.54, 1.807) is 0 Å². The van der Waals surface area contributed by atoms with E-state index in [-0.39, 0.29) is 0 Å². The molecule has 0 aliphatic heterocycles. The molecule has 1 rings (SSSR count). The highest BCUT2D eigenvalue weighted by molar-refractivity contribution is 7.98. The van der Waals surface area contributed by atoms with Gasteiger partial charge in [-0.15, -0.1) is 0 Å². The van der Waals surface area contributed by atoms with E-state index in [9.17, 15) is 0 Å². The van der Waals surface area contributed by atoms with Gasteiger partial charge >= 0.3 is 0 Å². The Morgan fingerprint density at radius 3 is 2.69 bits per heavy atom. The highest BCUT2D eigenvalue weighted by Crippen LogP contribution is 2.21. The summed E-state index contributed by atoms with van der Waals surface area (Å²) in [5.41, 5.74) is 2.04. The lowest BCUT2D eigenvalue weighted by Gasteiger charge is -2.15. The van der Waals surface area contributed by atoms with Crippen LogP contribution in [0.5, 0.6) is 0 Å². The number of aryl methyl sites for hydroxylation is 2. The summed E-state index contributed by atoms with van der Waals surface area (Å²) in [5, 5.41) is 8.48. The van der Waals surface area contributed by atoms with Crippen LogP contribution in [0.4, 0.5) is 0 Å². The first-order chi connectivity index (χ1) is 7.60. The Balaban J connectivity index is 2.69. The Labute approximate surface area is 107 Å². The molecule has 16 heavy (non-hydrogen) atoms. The summed E-state index contributed by atoms with van der Waals surface area (Å²) in [6, 6.07) is 0.472. The molecule has 0 spiro atoms. The smallest absolute Gasteiger partial charge is 0.0847 e. The van der Waals surface area contributed by atoms with E-state index < -0.39 is 0 Å². The Hall–Kier alpha value is -0.190. The monoisotopic (exact) mass is 261 g/mol. The van der Waals surface area contributed by atoms with Gasteiger partial charge in [-0.05, 0) is 32.4 Å². The van der Waals surface area contributed by atoms with E-state index in [1.807, 2.05) is 37.5 Å². The summed E-state index contributed by atoms with van der Waals surface area (Å²) in [6.07, 6.45) is 4.22. The fourth-order valence-corrected chi connectivity index (χ4v) is 2.50. The number of hydrogen-bond donors (Lipinski definition) is 1. The van der Waals surface area contributed by atoms with Crippen molar-refractivity contribution in [3.8, 4) is 0 Å². The number of nitrogens with one attached hydrogen (secondary N) is 1. The first-order valence-corrected chi connectivity index (χ1v) is 7.21. The molecule has 1 aromatic heterocycles. The van der Waals surface area contributed by atoms with Crippen LogP contribution in [0.15, 0.2) is 0 Å². The number of thioether (sulfide) groups is 1. The number of hydrogen-bond acceptors (Lipinski definition) is 3. The van der Waals surface area contributed by atoms with Crippen molar-refractivity contribution in [1.29, 1.82) is 0 Å². The van der Waals surface area contributed by atoms with Crippen LogP contribution in [0, 0.1) is 6.92 Å². The molecular formula is C11H20ClN3S. The topological polar surface area (TPSA) is 29.9 Å². The van der Waals surface area contributed by atoms with Crippen LogP contribution in [-0.4, -0.2) is 34.9 Å². The van der Waals surface area contributed by atoms with Gasteiger partial charge < -0.3 is 5.32 Å². The molecule has 0 aromatic carbocycles. The third-order valence-electron chi connectivity index (χ3n) is 2.78. The Morgan fingerprint density at radius 1 is 1.56 bits per heavy atom. The molecule has 0 fully saturated rings. The van der Waals surface area contributed by atoms with Gasteiger partial charge in [0.1, 0.15) is 0 Å². The quantitative estimate of drug-likeness (QED) is 0.852. The minimum atomic E-state index is 0.472. The molecule has 1 N–H and O–H groups in total. The first kappa shape index (κ1) is 13.9. The summed E-state index contributed by atoms with van der Waals surface area (Å²) in [4.78, 5) is 0. The van der Waals surface area contributed by atoms with Crippen LogP contribution in [0.2, 0.25) is 5.02 Å². The van der Waals surface area contributed by atoms with E-state index in [1.165, 1.54) is 5.75 Å². The third-order valence-corrected chi connectivity index (χ3v) is 3.92. The predicted octanol–water partition coefficient (Wildman–Crippen LogP) is 2.27. The third kappa shape index (κ3) is 3.40. The molecule has 0 saturated heterocycles. The average Bonchev–Trinajstić information content (AvgIpc) is 2.50. The molecular weight excluding hydrogens is 242 g/mol. The normalized spacial score (nSPS) is 13.1. The predicted molar refractivity (Wildman–Crippen MR) is 72.5 cm³/mol. The highest BCUT2D eigenvalue weighted by Gasteiger charge is 2.15. The van der Waals surface area contributed by atoms with Crippen LogP contribution >= 0.6 is 23.4 Å². The van der Waals surface area contributed by atoms with E-state index in [0.717, 1.165) is 29.3 Å². The number of likely N-dealkylation sites (N-methyl/N-ethyl adjacent to an activating group) is 1. The van der Waals surface area contributed by atoms with Crippen molar-refractivity contribution in [3.05, 3.63) is 16.4 Å². The van der Waals surface area contributed by atoms with Crippen LogP contribution in [-0.2, 0) is 13.5 Å². The molecule has 0 aliphatic carbocycles. The van der Waals surface area contributed by atoms with Crippen LogP contribution < -0.4 is 5.32 Å². The van der Waals surface area contributed by atoms with Gasteiger partial charge in [0, 0.05) is 19.5 Å². The second-order valence-electron chi connectivity index (χ2n) is 3.94.